The van der Waals surface area contributed by atoms with Crippen LogP contribution in [0.25, 0.3) is 0 Å². The van der Waals surface area contributed by atoms with Crippen LogP contribution in [0.3, 0.4) is 0 Å². The molecule has 1 N–H and O–H groups in total. The van der Waals surface area contributed by atoms with Gasteiger partial charge in [0.2, 0.25) is 10.0 Å². The number of ether oxygens (including phenoxy) is 1. The van der Waals surface area contributed by atoms with Gasteiger partial charge in [-0.3, -0.25) is 9.48 Å². The predicted octanol–water partition coefficient (Wildman–Crippen LogP) is 4.89. The minimum absolute atomic E-state index is 0.00463. The van der Waals surface area contributed by atoms with Gasteiger partial charge in [-0.25, -0.2) is 12.8 Å². The van der Waals surface area contributed by atoms with Crippen molar-refractivity contribution in [3.8, 4) is 0 Å². The van der Waals surface area contributed by atoms with Gasteiger partial charge in [0, 0.05) is 19.6 Å². The van der Waals surface area contributed by atoms with Crippen LogP contribution in [-0.2, 0) is 45.7 Å². The number of aryl methyl sites for hydroxylation is 2. The fourth-order valence-electron chi connectivity index (χ4n) is 5.07. The molecule has 2 aromatic carbocycles. The number of hydrogen-bond donors (Lipinski definition) is 1. The zero-order chi connectivity index (χ0) is 29.2. The Morgan fingerprint density at radius 3 is 2.70 bits per heavy atom. The molecule has 1 aromatic heterocycles. The van der Waals surface area contributed by atoms with Crippen LogP contribution in [0.15, 0.2) is 47.5 Å². The third-order valence-electron chi connectivity index (χ3n) is 7.40. The summed E-state index contributed by atoms with van der Waals surface area (Å²) in [5.41, 5.74) is 2.07. The molecule has 0 fully saturated rings. The first-order chi connectivity index (χ1) is 18.8. The average molecular weight is 573 g/mol. The van der Waals surface area contributed by atoms with Gasteiger partial charge in [-0.1, -0.05) is 43.3 Å². The van der Waals surface area contributed by atoms with Crippen LogP contribution < -0.4 is 0 Å². The van der Waals surface area contributed by atoms with Crippen LogP contribution >= 0.6 is 0 Å². The Hall–Kier alpha value is -3.15. The Morgan fingerprint density at radius 2 is 2.00 bits per heavy atom. The van der Waals surface area contributed by atoms with Gasteiger partial charge in [0.1, 0.15) is 11.5 Å². The van der Waals surface area contributed by atoms with Crippen molar-refractivity contribution in [1.29, 1.82) is 0 Å². The first kappa shape index (κ1) is 29.8. The van der Waals surface area contributed by atoms with Gasteiger partial charge in [0.15, 0.2) is 0 Å². The Morgan fingerprint density at radius 1 is 1.25 bits per heavy atom. The summed E-state index contributed by atoms with van der Waals surface area (Å²) in [7, 11) is -3.96. The van der Waals surface area contributed by atoms with Gasteiger partial charge >= 0.3 is 5.97 Å². The number of aliphatic carboxylic acids is 1. The summed E-state index contributed by atoms with van der Waals surface area (Å²) in [6, 6.07) is 9.40. The van der Waals surface area contributed by atoms with Gasteiger partial charge < -0.3 is 9.84 Å². The Balaban J connectivity index is 1.67. The molecule has 40 heavy (non-hydrogen) atoms. The van der Waals surface area contributed by atoms with Crippen molar-refractivity contribution in [1.82, 2.24) is 19.3 Å². The van der Waals surface area contributed by atoms with E-state index in [-0.39, 0.29) is 30.5 Å². The third-order valence-corrected chi connectivity index (χ3v) is 9.29. The van der Waals surface area contributed by atoms with E-state index < -0.39 is 33.3 Å². The summed E-state index contributed by atoms with van der Waals surface area (Å²) in [5.74, 6) is -1.61. The second-order valence-electron chi connectivity index (χ2n) is 11.2. The number of aromatic nitrogens is 3. The molecule has 0 aliphatic carbocycles. The average Bonchev–Trinajstić information content (AvgIpc) is 3.30. The van der Waals surface area contributed by atoms with E-state index in [9.17, 15) is 22.7 Å². The Bertz CT molecular complexity index is 1490. The molecule has 0 amide bonds. The van der Waals surface area contributed by atoms with E-state index in [1.54, 1.807) is 30.8 Å². The molecule has 2 heterocycles. The summed E-state index contributed by atoms with van der Waals surface area (Å²) < 4.78 is 50.7. The first-order valence-corrected chi connectivity index (χ1v) is 14.9. The van der Waals surface area contributed by atoms with E-state index in [2.05, 4.69) is 10.3 Å². The molecule has 9 nitrogen and oxygen atoms in total. The van der Waals surface area contributed by atoms with E-state index >= 15 is 0 Å². The molecular formula is C29H37FN4O5S. The van der Waals surface area contributed by atoms with Crippen molar-refractivity contribution in [3.05, 3.63) is 76.4 Å². The maximum atomic E-state index is 14.1. The zero-order valence-electron chi connectivity index (χ0n) is 23.6. The summed E-state index contributed by atoms with van der Waals surface area (Å²) in [6.07, 6.45) is 2.35. The largest absolute Gasteiger partial charge is 0.481 e. The van der Waals surface area contributed by atoms with Crippen molar-refractivity contribution in [2.24, 2.45) is 11.3 Å². The SMILES string of the molecule is CCCn1cc(COC(c2ccc(C)c(CN3C[C@@H](C)Cc4ccc(F)cc4S3(=O)=O)c2)C(C)(C)C(=O)O)nn1. The van der Waals surface area contributed by atoms with Crippen molar-refractivity contribution in [2.75, 3.05) is 6.54 Å². The minimum atomic E-state index is -3.96. The molecule has 4 rings (SSSR count). The fourth-order valence-corrected chi connectivity index (χ4v) is 6.85. The molecule has 1 unspecified atom stereocenters. The molecule has 216 valence electrons. The molecule has 3 aromatic rings. The monoisotopic (exact) mass is 572 g/mol. The number of benzene rings is 2. The molecular weight excluding hydrogens is 535 g/mol. The first-order valence-electron chi connectivity index (χ1n) is 13.4. The molecule has 11 heteroatoms. The van der Waals surface area contributed by atoms with Crippen LogP contribution in [0, 0.1) is 24.1 Å². The Labute approximate surface area is 235 Å². The number of rotatable bonds is 10. The van der Waals surface area contributed by atoms with Crippen LogP contribution in [0.2, 0.25) is 0 Å². The number of hydrogen-bond acceptors (Lipinski definition) is 6. The molecule has 1 aliphatic rings. The van der Waals surface area contributed by atoms with Gasteiger partial charge in [-0.2, -0.15) is 4.31 Å². The summed E-state index contributed by atoms with van der Waals surface area (Å²) in [5, 5.41) is 18.3. The highest BCUT2D eigenvalue weighted by Crippen LogP contribution is 2.39. The van der Waals surface area contributed by atoms with Crippen LogP contribution in [0.1, 0.15) is 68.2 Å². The summed E-state index contributed by atoms with van der Waals surface area (Å²) in [6.45, 7) is 10.2. The molecule has 0 bridgehead atoms. The highest BCUT2D eigenvalue weighted by Gasteiger charge is 2.40. The van der Waals surface area contributed by atoms with E-state index in [0.29, 0.717) is 29.8 Å². The normalized spacial score (nSPS) is 18.2. The maximum Gasteiger partial charge on any atom is 0.312 e. The van der Waals surface area contributed by atoms with Gasteiger partial charge in [-0.15, -0.1) is 5.10 Å². The smallest absolute Gasteiger partial charge is 0.312 e. The number of sulfonamides is 1. The van der Waals surface area contributed by atoms with Gasteiger partial charge in [-0.05, 0) is 73.9 Å². The standard InChI is InChI=1S/C29H37FN4O5S/c1-6-11-33-17-25(31-32-33)18-39-27(29(4,5)28(35)36)22-8-7-20(3)23(13-22)16-34-15-19(2)12-21-9-10-24(30)14-26(21)40(34,37)38/h7-10,13-14,17,19,27H,6,11-12,15-16,18H2,1-5H3,(H,35,36)/t19-,27?/m0/s1. The quantitative estimate of drug-likeness (QED) is 0.368. The lowest BCUT2D eigenvalue weighted by Crippen LogP contribution is -2.34. The Kier molecular flexibility index (Phi) is 8.77. The highest BCUT2D eigenvalue weighted by atomic mass is 32.2. The van der Waals surface area contributed by atoms with Gasteiger partial charge in [0.25, 0.3) is 0 Å². The van der Waals surface area contributed by atoms with Crippen molar-refractivity contribution in [3.63, 3.8) is 0 Å². The number of carboxylic acid groups (broad SMARTS) is 1. The number of carbonyl (C=O) groups is 1. The van der Waals surface area contributed by atoms with Crippen molar-refractivity contribution >= 4 is 16.0 Å². The van der Waals surface area contributed by atoms with Gasteiger partial charge in [0.05, 0.1) is 29.2 Å². The number of fused-ring (bicyclic) bond motifs is 1. The lowest BCUT2D eigenvalue weighted by molar-refractivity contribution is -0.158. The van der Waals surface area contributed by atoms with E-state index in [0.717, 1.165) is 23.6 Å². The van der Waals surface area contributed by atoms with Crippen molar-refractivity contribution in [2.45, 2.75) is 78.2 Å². The van der Waals surface area contributed by atoms with E-state index in [4.69, 9.17) is 4.74 Å². The topological polar surface area (TPSA) is 115 Å². The maximum absolute atomic E-state index is 14.1. The van der Waals surface area contributed by atoms with Crippen LogP contribution in [-0.4, -0.2) is 45.3 Å². The second kappa shape index (κ2) is 11.8. The number of halogens is 1. The zero-order valence-corrected chi connectivity index (χ0v) is 24.4. The van der Waals surface area contributed by atoms with E-state index in [1.165, 1.54) is 10.4 Å². The molecule has 0 saturated heterocycles. The molecule has 1 aliphatic heterocycles. The van der Waals surface area contributed by atoms with Crippen molar-refractivity contribution < 1.29 is 27.4 Å². The second-order valence-corrected chi connectivity index (χ2v) is 13.1. The molecule has 2 atom stereocenters. The van der Waals surface area contributed by atoms with Crippen LogP contribution in [0.4, 0.5) is 4.39 Å². The predicted molar refractivity (Wildman–Crippen MR) is 147 cm³/mol. The highest BCUT2D eigenvalue weighted by molar-refractivity contribution is 7.89. The molecule has 0 spiro atoms. The lowest BCUT2D eigenvalue weighted by atomic mass is 9.81. The number of carboxylic acids is 1. The minimum Gasteiger partial charge on any atom is -0.481 e. The lowest BCUT2D eigenvalue weighted by Gasteiger charge is -2.31. The third kappa shape index (κ3) is 6.26. The summed E-state index contributed by atoms with van der Waals surface area (Å²) in [4.78, 5) is 12.3. The van der Waals surface area contributed by atoms with E-state index in [1.807, 2.05) is 39.0 Å². The summed E-state index contributed by atoms with van der Waals surface area (Å²) >= 11 is 0. The fraction of sp³-hybridized carbons (Fsp3) is 0.483. The molecule has 0 saturated carbocycles. The number of nitrogens with zero attached hydrogens (tertiary/aromatic N) is 4. The van der Waals surface area contributed by atoms with Crippen LogP contribution in [0.5, 0.6) is 0 Å². The molecule has 0 radical (unpaired) electrons.